The SMILES string of the molecule is FC(CCNCCc1ccccc1)=C1CCCCC1. The summed E-state index contributed by atoms with van der Waals surface area (Å²) in [6.45, 7) is 1.68. The van der Waals surface area contributed by atoms with Crippen LogP contribution in [-0.2, 0) is 6.42 Å². The molecule has 19 heavy (non-hydrogen) atoms. The van der Waals surface area contributed by atoms with Crippen molar-refractivity contribution in [2.45, 2.75) is 44.9 Å². The van der Waals surface area contributed by atoms with E-state index in [0.29, 0.717) is 6.42 Å². The first kappa shape index (κ1) is 14.3. The molecule has 0 aromatic heterocycles. The van der Waals surface area contributed by atoms with Crippen molar-refractivity contribution in [3.05, 3.63) is 47.3 Å². The number of nitrogens with one attached hydrogen (secondary N) is 1. The molecule has 0 saturated heterocycles. The van der Waals surface area contributed by atoms with Gasteiger partial charge in [-0.25, -0.2) is 4.39 Å². The first-order valence-electron chi connectivity index (χ1n) is 7.47. The highest BCUT2D eigenvalue weighted by molar-refractivity contribution is 5.15. The third-order valence-corrected chi connectivity index (χ3v) is 3.80. The molecule has 1 saturated carbocycles. The van der Waals surface area contributed by atoms with Gasteiger partial charge in [0.25, 0.3) is 0 Å². The maximum absolute atomic E-state index is 13.9. The molecule has 0 unspecified atom stereocenters. The number of hydrogen-bond donors (Lipinski definition) is 1. The van der Waals surface area contributed by atoms with Crippen molar-refractivity contribution >= 4 is 0 Å². The van der Waals surface area contributed by atoms with Crippen molar-refractivity contribution in [3.8, 4) is 0 Å². The molecule has 1 aliphatic carbocycles. The summed E-state index contributed by atoms with van der Waals surface area (Å²) < 4.78 is 13.9. The summed E-state index contributed by atoms with van der Waals surface area (Å²) in [6.07, 6.45) is 7.15. The Kier molecular flexibility index (Phi) is 6.09. The van der Waals surface area contributed by atoms with Crippen LogP contribution in [0, 0.1) is 0 Å². The van der Waals surface area contributed by atoms with Crippen LogP contribution < -0.4 is 5.32 Å². The lowest BCUT2D eigenvalue weighted by Crippen LogP contribution is -2.18. The summed E-state index contributed by atoms with van der Waals surface area (Å²) in [5.41, 5.74) is 2.41. The molecule has 1 nitrogen and oxygen atoms in total. The Balaban J connectivity index is 1.61. The van der Waals surface area contributed by atoms with E-state index < -0.39 is 0 Å². The van der Waals surface area contributed by atoms with Crippen LogP contribution in [0.2, 0.25) is 0 Å². The number of halogens is 1. The van der Waals surface area contributed by atoms with Crippen LogP contribution in [0.4, 0.5) is 4.39 Å². The van der Waals surface area contributed by atoms with Gasteiger partial charge < -0.3 is 5.32 Å². The molecule has 1 fully saturated rings. The fourth-order valence-electron chi connectivity index (χ4n) is 2.63. The molecule has 1 N–H and O–H groups in total. The van der Waals surface area contributed by atoms with Gasteiger partial charge in [0, 0.05) is 13.0 Å². The Bertz CT molecular complexity index is 389. The summed E-state index contributed by atoms with van der Waals surface area (Å²) in [5.74, 6) is 0.145. The van der Waals surface area contributed by atoms with Gasteiger partial charge in [-0.15, -0.1) is 0 Å². The molecule has 104 valence electrons. The van der Waals surface area contributed by atoms with Crippen molar-refractivity contribution in [2.24, 2.45) is 0 Å². The number of allylic oxidation sites excluding steroid dienone is 1. The standard InChI is InChI=1S/C17H24FN/c18-17(16-9-5-2-6-10-16)12-14-19-13-11-15-7-3-1-4-8-15/h1,3-4,7-8,19H,2,5-6,9-14H2. The summed E-state index contributed by atoms with van der Waals surface area (Å²) in [5, 5.41) is 3.33. The van der Waals surface area contributed by atoms with E-state index in [4.69, 9.17) is 0 Å². The van der Waals surface area contributed by atoms with Crippen molar-refractivity contribution in [2.75, 3.05) is 13.1 Å². The second-order valence-corrected chi connectivity index (χ2v) is 5.30. The van der Waals surface area contributed by atoms with E-state index in [2.05, 4.69) is 29.6 Å². The molecular weight excluding hydrogens is 237 g/mol. The maximum Gasteiger partial charge on any atom is 0.100 e. The minimum Gasteiger partial charge on any atom is -0.316 e. The van der Waals surface area contributed by atoms with Crippen LogP contribution in [0.5, 0.6) is 0 Å². The van der Waals surface area contributed by atoms with Gasteiger partial charge in [-0.3, -0.25) is 0 Å². The summed E-state index contributed by atoms with van der Waals surface area (Å²) >= 11 is 0. The molecule has 1 aromatic rings. The Morgan fingerprint density at radius 1 is 1.00 bits per heavy atom. The Labute approximate surface area is 115 Å². The molecule has 1 aliphatic rings. The predicted octanol–water partition coefficient (Wildman–Crippen LogP) is 4.40. The third-order valence-electron chi connectivity index (χ3n) is 3.80. The highest BCUT2D eigenvalue weighted by Crippen LogP contribution is 2.27. The fraction of sp³-hybridized carbons (Fsp3) is 0.529. The van der Waals surface area contributed by atoms with E-state index in [1.165, 1.54) is 24.8 Å². The lowest BCUT2D eigenvalue weighted by Gasteiger charge is -2.15. The predicted molar refractivity (Wildman–Crippen MR) is 78.9 cm³/mol. The second kappa shape index (κ2) is 8.11. The zero-order chi connectivity index (χ0) is 13.3. The first-order valence-corrected chi connectivity index (χ1v) is 7.47. The number of hydrogen-bond acceptors (Lipinski definition) is 1. The largest absolute Gasteiger partial charge is 0.316 e. The molecule has 0 atom stereocenters. The van der Waals surface area contributed by atoms with E-state index in [9.17, 15) is 4.39 Å². The minimum absolute atomic E-state index is 0.145. The molecule has 0 aliphatic heterocycles. The third kappa shape index (κ3) is 5.15. The van der Waals surface area contributed by atoms with Crippen LogP contribution in [0.3, 0.4) is 0 Å². The van der Waals surface area contributed by atoms with Crippen LogP contribution in [0.1, 0.15) is 44.1 Å². The van der Waals surface area contributed by atoms with Gasteiger partial charge in [0.1, 0.15) is 5.83 Å². The molecule has 0 bridgehead atoms. The van der Waals surface area contributed by atoms with Crippen molar-refractivity contribution in [1.29, 1.82) is 0 Å². The van der Waals surface area contributed by atoms with Gasteiger partial charge in [-0.2, -0.15) is 0 Å². The Morgan fingerprint density at radius 3 is 2.47 bits per heavy atom. The number of rotatable bonds is 6. The van der Waals surface area contributed by atoms with Crippen molar-refractivity contribution in [3.63, 3.8) is 0 Å². The summed E-state index contributed by atoms with van der Waals surface area (Å²) in [4.78, 5) is 0. The average Bonchev–Trinajstić information content (AvgIpc) is 2.49. The molecular formula is C17H24FN. The first-order chi connectivity index (χ1) is 9.36. The Morgan fingerprint density at radius 2 is 1.74 bits per heavy atom. The molecule has 2 rings (SSSR count). The molecule has 2 heteroatoms. The van der Waals surface area contributed by atoms with Crippen LogP contribution in [0.25, 0.3) is 0 Å². The minimum atomic E-state index is 0.145. The van der Waals surface area contributed by atoms with E-state index in [0.717, 1.165) is 37.9 Å². The normalized spacial score (nSPS) is 15.5. The second-order valence-electron chi connectivity index (χ2n) is 5.30. The van der Waals surface area contributed by atoms with Crippen molar-refractivity contribution < 1.29 is 4.39 Å². The van der Waals surface area contributed by atoms with Gasteiger partial charge in [-0.05, 0) is 49.8 Å². The van der Waals surface area contributed by atoms with E-state index in [1.54, 1.807) is 0 Å². The quantitative estimate of drug-likeness (QED) is 0.749. The van der Waals surface area contributed by atoms with Gasteiger partial charge in [-0.1, -0.05) is 36.8 Å². The van der Waals surface area contributed by atoms with E-state index >= 15 is 0 Å². The van der Waals surface area contributed by atoms with Gasteiger partial charge in [0.15, 0.2) is 0 Å². The monoisotopic (exact) mass is 261 g/mol. The Hall–Kier alpha value is -1.15. The van der Waals surface area contributed by atoms with E-state index in [-0.39, 0.29) is 5.83 Å². The van der Waals surface area contributed by atoms with E-state index in [1.807, 2.05) is 6.07 Å². The molecule has 0 amide bonds. The fourth-order valence-corrected chi connectivity index (χ4v) is 2.63. The van der Waals surface area contributed by atoms with Crippen molar-refractivity contribution in [1.82, 2.24) is 5.32 Å². The summed E-state index contributed by atoms with van der Waals surface area (Å²) in [7, 11) is 0. The van der Waals surface area contributed by atoms with Gasteiger partial charge in [0.2, 0.25) is 0 Å². The molecule has 0 heterocycles. The average molecular weight is 261 g/mol. The smallest absolute Gasteiger partial charge is 0.100 e. The number of benzene rings is 1. The molecule has 0 spiro atoms. The zero-order valence-electron chi connectivity index (χ0n) is 11.6. The maximum atomic E-state index is 13.9. The van der Waals surface area contributed by atoms with Crippen LogP contribution >= 0.6 is 0 Å². The topological polar surface area (TPSA) is 12.0 Å². The van der Waals surface area contributed by atoms with Gasteiger partial charge in [0.05, 0.1) is 0 Å². The lowest BCUT2D eigenvalue weighted by atomic mass is 9.93. The lowest BCUT2D eigenvalue weighted by molar-refractivity contribution is 0.510. The van der Waals surface area contributed by atoms with Crippen LogP contribution in [-0.4, -0.2) is 13.1 Å². The summed E-state index contributed by atoms with van der Waals surface area (Å²) in [6, 6.07) is 10.4. The van der Waals surface area contributed by atoms with Gasteiger partial charge >= 0.3 is 0 Å². The zero-order valence-corrected chi connectivity index (χ0v) is 11.6. The molecule has 1 aromatic carbocycles. The van der Waals surface area contributed by atoms with Crippen LogP contribution in [0.15, 0.2) is 41.7 Å². The molecule has 0 radical (unpaired) electrons. The highest BCUT2D eigenvalue weighted by atomic mass is 19.1. The highest BCUT2D eigenvalue weighted by Gasteiger charge is 2.10.